The molecule has 2 aliphatic rings. The maximum Gasteiger partial charge on any atom is 0.274 e. The predicted octanol–water partition coefficient (Wildman–Crippen LogP) is 2.67. The normalized spacial score (nSPS) is 17.8. The van der Waals surface area contributed by atoms with Crippen LogP contribution < -0.4 is 0 Å². The smallest absolute Gasteiger partial charge is 0.274 e. The first kappa shape index (κ1) is 17.2. The zero-order chi connectivity index (χ0) is 18.3. The summed E-state index contributed by atoms with van der Waals surface area (Å²) in [6.07, 6.45) is 4.64. The van der Waals surface area contributed by atoms with Gasteiger partial charge in [0.1, 0.15) is 11.5 Å². The molecule has 1 aliphatic heterocycles. The monoisotopic (exact) mass is 356 g/mol. The van der Waals surface area contributed by atoms with Crippen molar-refractivity contribution in [2.45, 2.75) is 38.1 Å². The quantitative estimate of drug-likeness (QED) is 0.849. The number of likely N-dealkylation sites (tertiary alicyclic amines) is 1. The fourth-order valence-corrected chi connectivity index (χ4v) is 4.17. The van der Waals surface area contributed by atoms with E-state index >= 15 is 0 Å². The van der Waals surface area contributed by atoms with Crippen molar-refractivity contribution in [1.82, 2.24) is 19.6 Å². The molecule has 0 spiro atoms. The van der Waals surface area contributed by atoms with Crippen molar-refractivity contribution >= 4 is 5.91 Å². The Kier molecular flexibility index (Phi) is 4.53. The summed E-state index contributed by atoms with van der Waals surface area (Å²) in [5, 5.41) is 4.57. The lowest BCUT2D eigenvalue weighted by atomic mass is 10.0. The number of carbonyl (C=O) groups excluding carboxylic acids is 1. The van der Waals surface area contributed by atoms with Gasteiger partial charge in [-0.15, -0.1) is 0 Å². The number of nitrogens with zero attached hydrogens (tertiary/aromatic N) is 4. The van der Waals surface area contributed by atoms with Crippen molar-refractivity contribution in [3.8, 4) is 5.69 Å². The molecule has 26 heavy (non-hydrogen) atoms. The van der Waals surface area contributed by atoms with Crippen LogP contribution >= 0.6 is 0 Å². The minimum atomic E-state index is -0.310. The average molecular weight is 356 g/mol. The minimum absolute atomic E-state index is 0.00422. The molecular formula is C20H25FN4O. The molecule has 0 unspecified atom stereocenters. The van der Waals surface area contributed by atoms with Gasteiger partial charge in [0.05, 0.1) is 0 Å². The Bertz CT molecular complexity index is 821. The van der Waals surface area contributed by atoms with Crippen molar-refractivity contribution in [3.05, 3.63) is 47.0 Å². The van der Waals surface area contributed by atoms with E-state index in [1.807, 2.05) is 4.90 Å². The second kappa shape index (κ2) is 6.83. The fraction of sp³-hybridized carbons (Fsp3) is 0.500. The highest BCUT2D eigenvalue weighted by Crippen LogP contribution is 2.30. The first-order chi connectivity index (χ1) is 12.6. The summed E-state index contributed by atoms with van der Waals surface area (Å²) in [5.74, 6) is -0.314. The molecule has 1 aromatic carbocycles. The Morgan fingerprint density at radius 3 is 2.62 bits per heavy atom. The van der Waals surface area contributed by atoms with Crippen LogP contribution in [0.4, 0.5) is 4.39 Å². The van der Waals surface area contributed by atoms with Crippen LogP contribution in [0.15, 0.2) is 24.3 Å². The molecule has 0 atom stereocenters. The molecule has 1 aromatic heterocycles. The molecule has 1 fully saturated rings. The van der Waals surface area contributed by atoms with Crippen LogP contribution in [-0.4, -0.2) is 58.7 Å². The third-order valence-corrected chi connectivity index (χ3v) is 5.70. The summed E-state index contributed by atoms with van der Waals surface area (Å²) in [6, 6.07) is 7.16. The number of fused-ring (bicyclic) bond motifs is 1. The van der Waals surface area contributed by atoms with Crippen LogP contribution in [-0.2, 0) is 12.8 Å². The molecule has 0 bridgehead atoms. The molecule has 1 saturated heterocycles. The third kappa shape index (κ3) is 2.92. The van der Waals surface area contributed by atoms with Gasteiger partial charge in [-0.25, -0.2) is 9.07 Å². The van der Waals surface area contributed by atoms with Crippen LogP contribution in [0.1, 0.15) is 41.0 Å². The van der Waals surface area contributed by atoms with Gasteiger partial charge in [0.15, 0.2) is 5.69 Å². The summed E-state index contributed by atoms with van der Waals surface area (Å²) in [5.41, 5.74) is 2.94. The van der Waals surface area contributed by atoms with Gasteiger partial charge >= 0.3 is 0 Å². The molecule has 6 heteroatoms. The van der Waals surface area contributed by atoms with Crippen LogP contribution in [0, 0.1) is 5.82 Å². The number of carbonyl (C=O) groups is 1. The van der Waals surface area contributed by atoms with Crippen LogP contribution in [0.25, 0.3) is 5.69 Å². The van der Waals surface area contributed by atoms with Crippen molar-refractivity contribution in [1.29, 1.82) is 0 Å². The van der Waals surface area contributed by atoms with E-state index in [1.165, 1.54) is 6.07 Å². The van der Waals surface area contributed by atoms with Crippen molar-refractivity contribution in [2.75, 3.05) is 27.2 Å². The van der Waals surface area contributed by atoms with Gasteiger partial charge in [0, 0.05) is 30.4 Å². The zero-order valence-corrected chi connectivity index (χ0v) is 15.4. The molecule has 0 radical (unpaired) electrons. The topological polar surface area (TPSA) is 41.4 Å². The van der Waals surface area contributed by atoms with E-state index in [-0.39, 0.29) is 11.7 Å². The molecule has 1 amide bonds. The second-order valence-corrected chi connectivity index (χ2v) is 7.48. The molecule has 0 N–H and O–H groups in total. The highest BCUT2D eigenvalue weighted by atomic mass is 19.1. The first-order valence-electron chi connectivity index (χ1n) is 9.37. The number of hydrogen-bond acceptors (Lipinski definition) is 3. The Morgan fingerprint density at radius 1 is 1.19 bits per heavy atom. The predicted molar refractivity (Wildman–Crippen MR) is 98.2 cm³/mol. The van der Waals surface area contributed by atoms with Crippen LogP contribution in [0.3, 0.4) is 0 Å². The van der Waals surface area contributed by atoms with E-state index in [0.717, 1.165) is 56.5 Å². The number of halogens is 1. The average Bonchev–Trinajstić information content (AvgIpc) is 3.24. The Balaban J connectivity index is 1.63. The Morgan fingerprint density at radius 2 is 1.92 bits per heavy atom. The lowest BCUT2D eigenvalue weighted by molar-refractivity contribution is 0.0656. The number of hydrogen-bond donors (Lipinski definition) is 0. The molecule has 1 aliphatic carbocycles. The highest BCUT2D eigenvalue weighted by Gasteiger charge is 2.32. The summed E-state index contributed by atoms with van der Waals surface area (Å²) >= 11 is 0. The van der Waals surface area contributed by atoms with Crippen molar-refractivity contribution < 1.29 is 9.18 Å². The second-order valence-electron chi connectivity index (χ2n) is 7.48. The number of amides is 1. The van der Waals surface area contributed by atoms with Gasteiger partial charge in [-0.2, -0.15) is 5.10 Å². The number of para-hydroxylation sites is 1. The Labute approximate surface area is 153 Å². The van der Waals surface area contributed by atoms with Crippen LogP contribution in [0.5, 0.6) is 0 Å². The summed E-state index contributed by atoms with van der Waals surface area (Å²) in [7, 11) is 4.18. The molecule has 2 heterocycles. The van der Waals surface area contributed by atoms with E-state index in [2.05, 4.69) is 24.1 Å². The van der Waals surface area contributed by atoms with Gasteiger partial charge in [-0.05, 0) is 58.3 Å². The third-order valence-electron chi connectivity index (χ3n) is 5.70. The molecule has 5 nitrogen and oxygen atoms in total. The Hall–Kier alpha value is -2.21. The maximum absolute atomic E-state index is 14.3. The van der Waals surface area contributed by atoms with Crippen LogP contribution in [0.2, 0.25) is 0 Å². The molecular weight excluding hydrogens is 331 g/mol. The minimum Gasteiger partial charge on any atom is -0.337 e. The molecule has 2 aromatic rings. The molecule has 4 rings (SSSR count). The van der Waals surface area contributed by atoms with Crippen molar-refractivity contribution in [3.63, 3.8) is 0 Å². The maximum atomic E-state index is 14.3. The highest BCUT2D eigenvalue weighted by molar-refractivity contribution is 5.94. The van der Waals surface area contributed by atoms with Gasteiger partial charge < -0.3 is 9.80 Å². The molecule has 0 saturated carbocycles. The van der Waals surface area contributed by atoms with Gasteiger partial charge in [-0.3, -0.25) is 4.79 Å². The SMILES string of the molecule is CN(C)C1CCN(C(=O)c2nn(-c3ccccc3F)c3c2CCC3)CC1. The van der Waals surface area contributed by atoms with Gasteiger partial charge in [0.25, 0.3) is 5.91 Å². The zero-order valence-electron chi connectivity index (χ0n) is 15.4. The van der Waals surface area contributed by atoms with E-state index in [4.69, 9.17) is 0 Å². The first-order valence-corrected chi connectivity index (χ1v) is 9.37. The fourth-order valence-electron chi connectivity index (χ4n) is 4.17. The van der Waals surface area contributed by atoms with E-state index in [0.29, 0.717) is 17.4 Å². The lowest BCUT2D eigenvalue weighted by Gasteiger charge is -2.35. The summed E-state index contributed by atoms with van der Waals surface area (Å²) < 4.78 is 15.9. The van der Waals surface area contributed by atoms with E-state index in [1.54, 1.807) is 22.9 Å². The number of benzene rings is 1. The van der Waals surface area contributed by atoms with E-state index in [9.17, 15) is 9.18 Å². The largest absolute Gasteiger partial charge is 0.337 e. The standard InChI is InChI=1S/C20H25FN4O/c1-23(2)14-10-12-24(13-11-14)20(26)19-15-6-5-9-17(15)25(22-19)18-8-4-3-7-16(18)21/h3-4,7-8,14H,5-6,9-13H2,1-2H3. The van der Waals surface area contributed by atoms with Gasteiger partial charge in [0.2, 0.25) is 0 Å². The van der Waals surface area contributed by atoms with E-state index < -0.39 is 0 Å². The summed E-state index contributed by atoms with van der Waals surface area (Å²) in [6.45, 7) is 1.51. The summed E-state index contributed by atoms with van der Waals surface area (Å²) in [4.78, 5) is 17.2. The van der Waals surface area contributed by atoms with Crippen molar-refractivity contribution in [2.24, 2.45) is 0 Å². The number of rotatable bonds is 3. The number of aromatic nitrogens is 2. The van der Waals surface area contributed by atoms with Gasteiger partial charge in [-0.1, -0.05) is 12.1 Å². The lowest BCUT2D eigenvalue weighted by Crippen LogP contribution is -2.44. The molecule has 138 valence electrons. The number of piperidine rings is 1.